The second kappa shape index (κ2) is 10.2. The summed E-state index contributed by atoms with van der Waals surface area (Å²) in [7, 11) is 1.63. The van der Waals surface area contributed by atoms with E-state index < -0.39 is 0 Å². The Kier molecular flexibility index (Phi) is 7.10. The number of halogens is 1. The highest BCUT2D eigenvalue weighted by Crippen LogP contribution is 2.11. The van der Waals surface area contributed by atoms with Crippen LogP contribution in [0.15, 0.2) is 60.8 Å². The first-order valence-corrected chi connectivity index (χ1v) is 9.37. The number of nitrogens with one attached hydrogen (secondary N) is 2. The van der Waals surface area contributed by atoms with Gasteiger partial charge >= 0.3 is 0 Å². The minimum atomic E-state index is -0.266. The predicted molar refractivity (Wildman–Crippen MR) is 110 cm³/mol. The average Bonchev–Trinajstić information content (AvgIpc) is 2.76. The fourth-order valence-electron chi connectivity index (χ4n) is 2.78. The van der Waals surface area contributed by atoms with E-state index in [1.165, 1.54) is 12.3 Å². The summed E-state index contributed by atoms with van der Waals surface area (Å²) in [6.07, 6.45) is 2.72. The third-order valence-corrected chi connectivity index (χ3v) is 4.38. The highest BCUT2D eigenvalue weighted by atomic mass is 19.1. The van der Waals surface area contributed by atoms with E-state index in [9.17, 15) is 9.18 Å². The largest absolute Gasteiger partial charge is 0.497 e. The van der Waals surface area contributed by atoms with Crippen molar-refractivity contribution in [2.24, 2.45) is 0 Å². The lowest BCUT2D eigenvalue weighted by atomic mass is 10.1. The summed E-state index contributed by atoms with van der Waals surface area (Å²) in [4.78, 5) is 20.7. The zero-order valence-electron chi connectivity index (χ0n) is 16.2. The van der Waals surface area contributed by atoms with Gasteiger partial charge in [-0.1, -0.05) is 30.3 Å². The summed E-state index contributed by atoms with van der Waals surface area (Å²) in [5.41, 5.74) is 2.00. The third-order valence-electron chi connectivity index (χ3n) is 4.38. The van der Waals surface area contributed by atoms with E-state index in [4.69, 9.17) is 4.74 Å². The molecule has 0 spiro atoms. The van der Waals surface area contributed by atoms with E-state index in [0.29, 0.717) is 37.4 Å². The lowest BCUT2D eigenvalue weighted by molar-refractivity contribution is 0.0949. The Morgan fingerprint density at radius 1 is 1.03 bits per heavy atom. The molecule has 1 aromatic heterocycles. The Morgan fingerprint density at radius 3 is 2.59 bits per heavy atom. The molecule has 7 heteroatoms. The molecule has 0 aliphatic heterocycles. The first-order valence-electron chi connectivity index (χ1n) is 9.37. The van der Waals surface area contributed by atoms with Gasteiger partial charge in [0.15, 0.2) is 0 Å². The van der Waals surface area contributed by atoms with E-state index in [2.05, 4.69) is 20.6 Å². The van der Waals surface area contributed by atoms with Crippen LogP contribution in [0.1, 0.15) is 21.6 Å². The maximum Gasteiger partial charge on any atom is 0.270 e. The molecule has 0 aliphatic carbocycles. The summed E-state index contributed by atoms with van der Waals surface area (Å²) in [6.45, 7) is 0.953. The molecular formula is C22H23FN4O2. The van der Waals surface area contributed by atoms with E-state index in [0.717, 1.165) is 11.3 Å². The molecule has 0 saturated heterocycles. The number of nitrogens with zero attached hydrogens (tertiary/aromatic N) is 2. The second-order valence-electron chi connectivity index (χ2n) is 6.39. The summed E-state index contributed by atoms with van der Waals surface area (Å²) in [5, 5.41) is 5.88. The standard InChI is InChI=1S/C22H23FN4O2/c1-29-18-8-6-16(7-9-18)10-13-24-21(28)20-12-15-26-22(27-20)25-14-11-17-4-2-3-5-19(17)23/h2-9,12,15H,10-11,13-14H2,1H3,(H,24,28)(H,25,26,27). The smallest absolute Gasteiger partial charge is 0.270 e. The lowest BCUT2D eigenvalue weighted by Gasteiger charge is -2.08. The number of anilines is 1. The van der Waals surface area contributed by atoms with Crippen LogP contribution in [0.4, 0.5) is 10.3 Å². The molecule has 0 saturated carbocycles. The van der Waals surface area contributed by atoms with Gasteiger partial charge in [-0.3, -0.25) is 4.79 Å². The molecule has 0 fully saturated rings. The highest BCUT2D eigenvalue weighted by molar-refractivity contribution is 5.92. The zero-order chi connectivity index (χ0) is 20.5. The Hall–Kier alpha value is -3.48. The summed E-state index contributed by atoms with van der Waals surface area (Å²) >= 11 is 0. The molecule has 0 unspecified atom stereocenters. The van der Waals surface area contributed by atoms with Crippen molar-refractivity contribution in [3.05, 3.63) is 83.4 Å². The molecule has 2 N–H and O–H groups in total. The van der Waals surface area contributed by atoms with Gasteiger partial charge in [0.05, 0.1) is 7.11 Å². The molecule has 3 rings (SSSR count). The number of carbonyl (C=O) groups is 1. The molecule has 150 valence electrons. The first kappa shape index (κ1) is 20.3. The maximum atomic E-state index is 13.6. The van der Waals surface area contributed by atoms with Crippen LogP contribution in [0.5, 0.6) is 5.75 Å². The molecule has 1 heterocycles. The van der Waals surface area contributed by atoms with Gasteiger partial charge in [-0.05, 0) is 48.2 Å². The minimum Gasteiger partial charge on any atom is -0.497 e. The van der Waals surface area contributed by atoms with Crippen molar-refractivity contribution in [2.45, 2.75) is 12.8 Å². The molecule has 2 aromatic carbocycles. The number of methoxy groups -OCH3 is 1. The molecule has 0 atom stereocenters. The van der Waals surface area contributed by atoms with Crippen LogP contribution in [0.25, 0.3) is 0 Å². The number of aromatic nitrogens is 2. The van der Waals surface area contributed by atoms with Gasteiger partial charge in [0.25, 0.3) is 5.91 Å². The van der Waals surface area contributed by atoms with Gasteiger partial charge in [-0.25, -0.2) is 14.4 Å². The number of hydrogen-bond acceptors (Lipinski definition) is 5. The van der Waals surface area contributed by atoms with Crippen molar-refractivity contribution in [3.8, 4) is 5.75 Å². The molecule has 3 aromatic rings. The SMILES string of the molecule is COc1ccc(CCNC(=O)c2ccnc(NCCc3ccccc3F)n2)cc1. The van der Waals surface area contributed by atoms with Crippen LogP contribution in [-0.2, 0) is 12.8 Å². The summed E-state index contributed by atoms with van der Waals surface area (Å²) < 4.78 is 18.8. The van der Waals surface area contributed by atoms with E-state index >= 15 is 0 Å². The number of ether oxygens (including phenoxy) is 1. The van der Waals surface area contributed by atoms with Crippen molar-refractivity contribution < 1.29 is 13.9 Å². The maximum absolute atomic E-state index is 13.6. The highest BCUT2D eigenvalue weighted by Gasteiger charge is 2.09. The number of hydrogen-bond donors (Lipinski definition) is 2. The Bertz CT molecular complexity index is 948. The number of benzene rings is 2. The fraction of sp³-hybridized carbons (Fsp3) is 0.227. The quantitative estimate of drug-likeness (QED) is 0.583. The number of rotatable bonds is 9. The molecule has 6 nitrogen and oxygen atoms in total. The van der Waals surface area contributed by atoms with Gasteiger partial charge in [-0.2, -0.15) is 0 Å². The van der Waals surface area contributed by atoms with E-state index in [-0.39, 0.29) is 17.4 Å². The number of amides is 1. The minimum absolute atomic E-state index is 0.236. The van der Waals surface area contributed by atoms with Crippen LogP contribution in [-0.4, -0.2) is 36.1 Å². The van der Waals surface area contributed by atoms with Gasteiger partial charge in [0, 0.05) is 19.3 Å². The van der Waals surface area contributed by atoms with Crippen molar-refractivity contribution in [1.82, 2.24) is 15.3 Å². The number of carbonyl (C=O) groups excluding carboxylic acids is 1. The van der Waals surface area contributed by atoms with Crippen molar-refractivity contribution in [2.75, 3.05) is 25.5 Å². The molecular weight excluding hydrogens is 371 g/mol. The molecule has 0 aliphatic rings. The van der Waals surface area contributed by atoms with Crippen LogP contribution in [0, 0.1) is 5.82 Å². The van der Waals surface area contributed by atoms with Crippen LogP contribution >= 0.6 is 0 Å². The van der Waals surface area contributed by atoms with Gasteiger partial charge in [0.2, 0.25) is 5.95 Å². The zero-order valence-corrected chi connectivity index (χ0v) is 16.2. The average molecular weight is 394 g/mol. The Morgan fingerprint density at radius 2 is 1.83 bits per heavy atom. The van der Waals surface area contributed by atoms with Crippen LogP contribution < -0.4 is 15.4 Å². The van der Waals surface area contributed by atoms with Crippen molar-refractivity contribution in [1.29, 1.82) is 0 Å². The second-order valence-corrected chi connectivity index (χ2v) is 6.39. The van der Waals surface area contributed by atoms with Crippen molar-refractivity contribution >= 4 is 11.9 Å². The predicted octanol–water partition coefficient (Wildman–Crippen LogP) is 3.25. The summed E-state index contributed by atoms with van der Waals surface area (Å²) in [6, 6.07) is 15.9. The molecule has 0 radical (unpaired) electrons. The lowest BCUT2D eigenvalue weighted by Crippen LogP contribution is -2.27. The Labute approximate surface area is 169 Å². The monoisotopic (exact) mass is 394 g/mol. The normalized spacial score (nSPS) is 10.4. The van der Waals surface area contributed by atoms with E-state index in [1.807, 2.05) is 24.3 Å². The van der Waals surface area contributed by atoms with Crippen molar-refractivity contribution in [3.63, 3.8) is 0 Å². The van der Waals surface area contributed by atoms with Crippen LogP contribution in [0.2, 0.25) is 0 Å². The van der Waals surface area contributed by atoms with Crippen LogP contribution in [0.3, 0.4) is 0 Å². The third kappa shape index (κ3) is 6.00. The van der Waals surface area contributed by atoms with Gasteiger partial charge in [-0.15, -0.1) is 0 Å². The van der Waals surface area contributed by atoms with E-state index in [1.54, 1.807) is 31.4 Å². The summed E-state index contributed by atoms with van der Waals surface area (Å²) in [5.74, 6) is 0.635. The van der Waals surface area contributed by atoms with Gasteiger partial charge < -0.3 is 15.4 Å². The topological polar surface area (TPSA) is 76.1 Å². The molecule has 1 amide bonds. The fourth-order valence-corrected chi connectivity index (χ4v) is 2.78. The molecule has 29 heavy (non-hydrogen) atoms. The van der Waals surface area contributed by atoms with Gasteiger partial charge in [0.1, 0.15) is 17.3 Å². The molecule has 0 bridgehead atoms. The first-order chi connectivity index (χ1) is 14.2. The Balaban J connectivity index is 1.47.